The Morgan fingerprint density at radius 1 is 1.13 bits per heavy atom. The molecule has 0 atom stereocenters. The van der Waals surface area contributed by atoms with Gasteiger partial charge in [0.1, 0.15) is 6.61 Å². The number of rotatable bonds is 4. The Morgan fingerprint density at radius 3 is 2.70 bits per heavy atom. The number of hydrogen-bond acceptors (Lipinski definition) is 2. The molecule has 0 fully saturated rings. The van der Waals surface area contributed by atoms with Crippen molar-refractivity contribution in [3.05, 3.63) is 70.8 Å². The highest BCUT2D eigenvalue weighted by Gasteiger charge is 2.00. The molecule has 0 heterocycles. The molecule has 0 aliphatic heterocycles. The predicted octanol–water partition coefficient (Wildman–Crippen LogP) is 3.97. The van der Waals surface area contributed by atoms with E-state index in [1.54, 1.807) is 0 Å². The van der Waals surface area contributed by atoms with Crippen LogP contribution in [0, 0.1) is 25.7 Å². The van der Waals surface area contributed by atoms with E-state index in [1.165, 1.54) is 11.1 Å². The van der Waals surface area contributed by atoms with Gasteiger partial charge in [0.15, 0.2) is 0 Å². The first-order chi connectivity index (χ1) is 11.1. The Bertz CT molecular complexity index is 711. The minimum Gasteiger partial charge on any atom is -0.445 e. The molecule has 0 unspecified atom stereocenters. The van der Waals surface area contributed by atoms with Gasteiger partial charge in [-0.2, -0.15) is 0 Å². The van der Waals surface area contributed by atoms with Crippen LogP contribution in [0.15, 0.2) is 48.5 Å². The number of carbonyl (C=O) groups is 1. The average Bonchev–Trinajstić information content (AvgIpc) is 2.56. The van der Waals surface area contributed by atoms with Crippen LogP contribution >= 0.6 is 0 Å². The molecule has 0 aliphatic carbocycles. The van der Waals surface area contributed by atoms with E-state index >= 15 is 0 Å². The molecule has 2 aromatic carbocycles. The molecule has 118 valence electrons. The largest absolute Gasteiger partial charge is 0.445 e. The standard InChI is InChI=1S/C20H21NO2/c1-16-11-12-17(2)19(14-16)10-6-7-13-21-20(22)23-15-18-8-4-3-5-9-18/h3-5,8-9,11-12,14H,7,13,15H2,1-2H3,(H,21,22). The second-order valence-electron chi connectivity index (χ2n) is 5.36. The van der Waals surface area contributed by atoms with Gasteiger partial charge in [-0.3, -0.25) is 0 Å². The fraction of sp³-hybridized carbons (Fsp3) is 0.250. The molecule has 0 spiro atoms. The van der Waals surface area contributed by atoms with Gasteiger partial charge in [-0.05, 0) is 36.6 Å². The normalized spacial score (nSPS) is 9.65. The molecule has 3 nitrogen and oxygen atoms in total. The van der Waals surface area contributed by atoms with Crippen LogP contribution in [0.1, 0.15) is 28.7 Å². The fourth-order valence-electron chi connectivity index (χ4n) is 2.03. The summed E-state index contributed by atoms with van der Waals surface area (Å²) in [5, 5.41) is 2.70. The number of alkyl carbamates (subject to hydrolysis) is 1. The highest BCUT2D eigenvalue weighted by atomic mass is 16.5. The molecule has 3 heteroatoms. The lowest BCUT2D eigenvalue weighted by molar-refractivity contribution is 0.140. The summed E-state index contributed by atoms with van der Waals surface area (Å²) in [4.78, 5) is 11.6. The van der Waals surface area contributed by atoms with Gasteiger partial charge >= 0.3 is 6.09 Å². The molecule has 23 heavy (non-hydrogen) atoms. The number of amides is 1. The van der Waals surface area contributed by atoms with Crippen LogP contribution in [0.4, 0.5) is 4.79 Å². The molecule has 0 aromatic heterocycles. The van der Waals surface area contributed by atoms with Gasteiger partial charge in [-0.1, -0.05) is 54.3 Å². The Labute approximate surface area is 137 Å². The van der Waals surface area contributed by atoms with Crippen molar-refractivity contribution in [2.45, 2.75) is 26.9 Å². The van der Waals surface area contributed by atoms with E-state index in [-0.39, 0.29) is 6.61 Å². The van der Waals surface area contributed by atoms with E-state index in [2.05, 4.69) is 42.3 Å². The SMILES string of the molecule is Cc1ccc(C)c(C#CCCNC(=O)OCc2ccccc2)c1. The van der Waals surface area contributed by atoms with E-state index in [4.69, 9.17) is 4.74 Å². The van der Waals surface area contributed by atoms with Crippen molar-refractivity contribution in [1.29, 1.82) is 0 Å². The average molecular weight is 307 g/mol. The maximum absolute atomic E-state index is 11.6. The molecule has 0 aliphatic rings. The van der Waals surface area contributed by atoms with Gasteiger partial charge in [0.2, 0.25) is 0 Å². The summed E-state index contributed by atoms with van der Waals surface area (Å²) in [7, 11) is 0. The molecule has 0 bridgehead atoms. The lowest BCUT2D eigenvalue weighted by Crippen LogP contribution is -2.24. The topological polar surface area (TPSA) is 38.3 Å². The Balaban J connectivity index is 1.70. The summed E-state index contributed by atoms with van der Waals surface area (Å²) >= 11 is 0. The minimum absolute atomic E-state index is 0.279. The highest BCUT2D eigenvalue weighted by molar-refractivity contribution is 5.67. The van der Waals surface area contributed by atoms with Crippen LogP contribution in [0.5, 0.6) is 0 Å². The zero-order valence-electron chi connectivity index (χ0n) is 13.6. The lowest BCUT2D eigenvalue weighted by Gasteiger charge is -2.05. The molecule has 1 amide bonds. The number of aryl methyl sites for hydroxylation is 2. The lowest BCUT2D eigenvalue weighted by atomic mass is 10.1. The molecule has 0 saturated heterocycles. The van der Waals surface area contributed by atoms with Crippen LogP contribution in [0.25, 0.3) is 0 Å². The molecule has 1 N–H and O–H groups in total. The minimum atomic E-state index is -0.414. The quantitative estimate of drug-likeness (QED) is 0.685. The monoisotopic (exact) mass is 307 g/mol. The number of benzene rings is 2. The van der Waals surface area contributed by atoms with Gasteiger partial charge in [-0.25, -0.2) is 4.79 Å². The van der Waals surface area contributed by atoms with Crippen LogP contribution in [-0.2, 0) is 11.3 Å². The number of ether oxygens (including phenoxy) is 1. The zero-order valence-corrected chi connectivity index (χ0v) is 13.6. The summed E-state index contributed by atoms with van der Waals surface area (Å²) in [6, 6.07) is 15.8. The summed E-state index contributed by atoms with van der Waals surface area (Å²) in [5.74, 6) is 6.22. The Kier molecular flexibility index (Phi) is 6.26. The van der Waals surface area contributed by atoms with Crippen LogP contribution < -0.4 is 5.32 Å². The fourth-order valence-corrected chi connectivity index (χ4v) is 2.03. The molecular formula is C20H21NO2. The van der Waals surface area contributed by atoms with Gasteiger partial charge < -0.3 is 10.1 Å². The first kappa shape index (κ1) is 16.6. The first-order valence-electron chi connectivity index (χ1n) is 7.66. The molecule has 2 aromatic rings. The number of hydrogen-bond donors (Lipinski definition) is 1. The van der Waals surface area contributed by atoms with Gasteiger partial charge in [0.05, 0.1) is 0 Å². The van der Waals surface area contributed by atoms with Crippen molar-refractivity contribution in [3.8, 4) is 11.8 Å². The Hall–Kier alpha value is -2.73. The third-order valence-electron chi connectivity index (χ3n) is 3.35. The van der Waals surface area contributed by atoms with E-state index in [0.717, 1.165) is 11.1 Å². The highest BCUT2D eigenvalue weighted by Crippen LogP contribution is 2.08. The van der Waals surface area contributed by atoms with E-state index < -0.39 is 6.09 Å². The van der Waals surface area contributed by atoms with Crippen LogP contribution in [0.2, 0.25) is 0 Å². The molecule has 2 rings (SSSR count). The summed E-state index contributed by atoms with van der Waals surface area (Å²) in [5.41, 5.74) is 4.37. The van der Waals surface area contributed by atoms with E-state index in [0.29, 0.717) is 13.0 Å². The molecular weight excluding hydrogens is 286 g/mol. The number of carbonyl (C=O) groups excluding carboxylic acids is 1. The van der Waals surface area contributed by atoms with Gasteiger partial charge in [0, 0.05) is 18.5 Å². The second kappa shape index (κ2) is 8.65. The van der Waals surface area contributed by atoms with Crippen molar-refractivity contribution in [1.82, 2.24) is 5.32 Å². The summed E-state index contributed by atoms with van der Waals surface area (Å²) < 4.78 is 5.13. The third-order valence-corrected chi connectivity index (χ3v) is 3.35. The van der Waals surface area contributed by atoms with Crippen LogP contribution in [0.3, 0.4) is 0 Å². The van der Waals surface area contributed by atoms with Gasteiger partial charge in [0.25, 0.3) is 0 Å². The summed E-state index contributed by atoms with van der Waals surface area (Å²) in [6.45, 7) is 4.85. The zero-order chi connectivity index (χ0) is 16.5. The molecule has 0 saturated carbocycles. The molecule has 0 radical (unpaired) electrons. The smallest absolute Gasteiger partial charge is 0.407 e. The summed E-state index contributed by atoms with van der Waals surface area (Å²) in [6.07, 6.45) is 0.177. The van der Waals surface area contributed by atoms with Crippen molar-refractivity contribution in [3.63, 3.8) is 0 Å². The van der Waals surface area contributed by atoms with E-state index in [1.807, 2.05) is 37.3 Å². The van der Waals surface area contributed by atoms with Gasteiger partial charge in [-0.15, -0.1) is 0 Å². The number of nitrogens with one attached hydrogen (secondary N) is 1. The van der Waals surface area contributed by atoms with Crippen LogP contribution in [-0.4, -0.2) is 12.6 Å². The Morgan fingerprint density at radius 2 is 1.91 bits per heavy atom. The van der Waals surface area contributed by atoms with Crippen molar-refractivity contribution < 1.29 is 9.53 Å². The van der Waals surface area contributed by atoms with Crippen molar-refractivity contribution in [2.75, 3.05) is 6.54 Å². The maximum Gasteiger partial charge on any atom is 0.407 e. The van der Waals surface area contributed by atoms with Crippen molar-refractivity contribution in [2.24, 2.45) is 0 Å². The second-order valence-corrected chi connectivity index (χ2v) is 5.36. The predicted molar refractivity (Wildman–Crippen MR) is 92.0 cm³/mol. The third kappa shape index (κ3) is 5.88. The van der Waals surface area contributed by atoms with E-state index in [9.17, 15) is 4.79 Å². The first-order valence-corrected chi connectivity index (χ1v) is 7.66. The van der Waals surface area contributed by atoms with Crippen molar-refractivity contribution >= 4 is 6.09 Å². The maximum atomic E-state index is 11.6.